The largest absolute Gasteiger partial charge is 0.248 e. The van der Waals surface area contributed by atoms with Gasteiger partial charge in [0.25, 0.3) is 0 Å². The lowest BCUT2D eigenvalue weighted by Gasteiger charge is -2.16. The highest BCUT2D eigenvalue weighted by Gasteiger charge is 2.14. The van der Waals surface area contributed by atoms with Crippen LogP contribution in [-0.4, -0.2) is 4.98 Å². The van der Waals surface area contributed by atoms with Crippen LogP contribution in [0.3, 0.4) is 0 Å². The molecule has 0 spiro atoms. The fourth-order valence-electron chi connectivity index (χ4n) is 6.73. The van der Waals surface area contributed by atoms with E-state index in [0.717, 1.165) is 47.3 Å². The van der Waals surface area contributed by atoms with Crippen molar-refractivity contribution in [1.29, 1.82) is 0 Å². The molecular weight excluding hydrogens is 567 g/mol. The van der Waals surface area contributed by atoms with Gasteiger partial charge >= 0.3 is 0 Å². The first-order chi connectivity index (χ1) is 23.3. The molecule has 1 nitrogen and oxygen atoms in total. The molecule has 1 aliphatic carbocycles. The van der Waals surface area contributed by atoms with E-state index >= 15 is 0 Å². The quantitative estimate of drug-likeness (QED) is 0.177. The minimum absolute atomic E-state index is 0.967. The zero-order chi connectivity index (χ0) is 31.4. The molecule has 0 radical (unpaired) electrons. The Labute approximate surface area is 277 Å². The molecule has 0 unspecified atom stereocenters. The van der Waals surface area contributed by atoms with E-state index in [1.54, 1.807) is 0 Å². The third-order valence-corrected chi connectivity index (χ3v) is 9.20. The van der Waals surface area contributed by atoms with Gasteiger partial charge in [0.1, 0.15) is 0 Å². The topological polar surface area (TPSA) is 12.9 Å². The smallest absolute Gasteiger partial charge is 0.0715 e. The van der Waals surface area contributed by atoms with E-state index in [1.165, 1.54) is 49.7 Å². The number of allylic oxidation sites excluding steroid dienone is 4. The molecule has 0 saturated carbocycles. The summed E-state index contributed by atoms with van der Waals surface area (Å²) in [5.74, 6) is 0. The van der Waals surface area contributed by atoms with Crippen LogP contribution >= 0.6 is 0 Å². The number of nitrogens with zero attached hydrogens (tertiary/aromatic N) is 1. The SMILES string of the molecule is C1=CCCC(Cc2ccc(-c3c(-c4ccc(-c5cc(-c6ccccc6)cc(-c6ccccc6)n5)cc4)ccc4ccccc34)cc2)=C1. The third-order valence-electron chi connectivity index (χ3n) is 9.20. The summed E-state index contributed by atoms with van der Waals surface area (Å²) in [7, 11) is 0. The summed E-state index contributed by atoms with van der Waals surface area (Å²) in [6, 6.07) is 56.8. The zero-order valence-corrected chi connectivity index (χ0v) is 26.3. The maximum Gasteiger partial charge on any atom is 0.0715 e. The Morgan fingerprint density at radius 1 is 0.489 bits per heavy atom. The second-order valence-electron chi connectivity index (χ2n) is 12.3. The van der Waals surface area contributed by atoms with Crippen molar-refractivity contribution in [2.75, 3.05) is 0 Å². The van der Waals surface area contributed by atoms with Crippen LogP contribution < -0.4 is 0 Å². The van der Waals surface area contributed by atoms with Crippen LogP contribution in [0, 0.1) is 0 Å². The summed E-state index contributed by atoms with van der Waals surface area (Å²) in [5, 5.41) is 2.52. The van der Waals surface area contributed by atoms with Gasteiger partial charge in [0, 0.05) is 11.1 Å². The number of benzene rings is 6. The van der Waals surface area contributed by atoms with Crippen molar-refractivity contribution in [1.82, 2.24) is 4.98 Å². The molecule has 0 saturated heterocycles. The van der Waals surface area contributed by atoms with Crippen LogP contribution in [0.2, 0.25) is 0 Å². The van der Waals surface area contributed by atoms with Gasteiger partial charge in [0.15, 0.2) is 0 Å². The van der Waals surface area contributed by atoms with Crippen molar-refractivity contribution in [3.05, 3.63) is 187 Å². The number of aromatic nitrogens is 1. The lowest BCUT2D eigenvalue weighted by atomic mass is 9.88. The molecule has 1 heteroatoms. The highest BCUT2D eigenvalue weighted by Crippen LogP contribution is 2.39. The van der Waals surface area contributed by atoms with Gasteiger partial charge in [0.05, 0.1) is 11.4 Å². The first-order valence-electron chi connectivity index (χ1n) is 16.5. The molecule has 6 aromatic carbocycles. The predicted molar refractivity (Wildman–Crippen MR) is 199 cm³/mol. The molecule has 8 rings (SSSR count). The van der Waals surface area contributed by atoms with Gasteiger partial charge in [-0.05, 0) is 81.1 Å². The Hall–Kier alpha value is -5.79. The summed E-state index contributed by atoms with van der Waals surface area (Å²) in [5.41, 5.74) is 14.3. The number of rotatable bonds is 7. The summed E-state index contributed by atoms with van der Waals surface area (Å²) in [4.78, 5) is 5.15. The van der Waals surface area contributed by atoms with Crippen molar-refractivity contribution in [3.63, 3.8) is 0 Å². The van der Waals surface area contributed by atoms with Crippen LogP contribution in [0.15, 0.2) is 182 Å². The molecule has 0 atom stereocenters. The van der Waals surface area contributed by atoms with E-state index < -0.39 is 0 Å². The number of pyridine rings is 1. The first-order valence-corrected chi connectivity index (χ1v) is 16.5. The molecule has 1 aliphatic rings. The highest BCUT2D eigenvalue weighted by molar-refractivity contribution is 6.04. The molecule has 0 N–H and O–H groups in total. The van der Waals surface area contributed by atoms with Crippen molar-refractivity contribution < 1.29 is 0 Å². The van der Waals surface area contributed by atoms with Gasteiger partial charge in [-0.15, -0.1) is 0 Å². The highest BCUT2D eigenvalue weighted by atomic mass is 14.7. The Kier molecular flexibility index (Phi) is 7.87. The molecule has 1 aromatic heterocycles. The Morgan fingerprint density at radius 3 is 1.81 bits per heavy atom. The van der Waals surface area contributed by atoms with E-state index in [9.17, 15) is 0 Å². The van der Waals surface area contributed by atoms with Gasteiger partial charge in [-0.2, -0.15) is 0 Å². The van der Waals surface area contributed by atoms with Gasteiger partial charge < -0.3 is 0 Å². The standard InChI is InChI=1S/C46H35N/c1-4-12-33(13-5-1)30-34-20-22-40(23-21-34)46-42-19-11-10-16-36(42)28-29-43(46)37-24-26-39(27-25-37)45-32-41(35-14-6-2-7-15-35)31-44(47-45)38-17-8-3-9-18-38/h1-4,6-12,14-29,31-32H,5,13,30H2. The Balaban J connectivity index is 1.18. The van der Waals surface area contributed by atoms with Crippen LogP contribution in [-0.2, 0) is 6.42 Å². The average Bonchev–Trinajstić information content (AvgIpc) is 3.16. The lowest BCUT2D eigenvalue weighted by molar-refractivity contribution is 0.911. The molecule has 1 heterocycles. The molecular formula is C46H35N. The maximum atomic E-state index is 5.15. The van der Waals surface area contributed by atoms with E-state index in [-0.39, 0.29) is 0 Å². The average molecular weight is 602 g/mol. The molecule has 7 aromatic rings. The summed E-state index contributed by atoms with van der Waals surface area (Å²) >= 11 is 0. The van der Waals surface area contributed by atoms with E-state index in [2.05, 4.69) is 170 Å². The number of fused-ring (bicyclic) bond motifs is 1. The summed E-state index contributed by atoms with van der Waals surface area (Å²) < 4.78 is 0. The van der Waals surface area contributed by atoms with E-state index in [0.29, 0.717) is 0 Å². The van der Waals surface area contributed by atoms with Crippen molar-refractivity contribution >= 4 is 10.8 Å². The third kappa shape index (κ3) is 6.09. The molecule has 0 amide bonds. The minimum Gasteiger partial charge on any atom is -0.248 e. The number of hydrogen-bond donors (Lipinski definition) is 0. The van der Waals surface area contributed by atoms with Crippen LogP contribution in [0.4, 0.5) is 0 Å². The summed E-state index contributed by atoms with van der Waals surface area (Å²) in [6.07, 6.45) is 10.0. The summed E-state index contributed by atoms with van der Waals surface area (Å²) in [6.45, 7) is 0. The maximum absolute atomic E-state index is 5.15. The molecule has 0 bridgehead atoms. The minimum atomic E-state index is 0.967. The molecule has 47 heavy (non-hydrogen) atoms. The Morgan fingerprint density at radius 2 is 1.11 bits per heavy atom. The normalized spacial score (nSPS) is 12.6. The molecule has 0 fully saturated rings. The molecule has 224 valence electrons. The Bertz CT molecular complexity index is 2170. The van der Waals surface area contributed by atoms with Crippen molar-refractivity contribution in [2.24, 2.45) is 0 Å². The van der Waals surface area contributed by atoms with Crippen LogP contribution in [0.1, 0.15) is 18.4 Å². The van der Waals surface area contributed by atoms with E-state index in [1.807, 2.05) is 6.07 Å². The second kappa shape index (κ2) is 12.9. The predicted octanol–water partition coefficient (Wildman–Crippen LogP) is 12.4. The van der Waals surface area contributed by atoms with Gasteiger partial charge in [0.2, 0.25) is 0 Å². The van der Waals surface area contributed by atoms with Gasteiger partial charge in [-0.25, -0.2) is 4.98 Å². The van der Waals surface area contributed by atoms with Crippen molar-refractivity contribution in [3.8, 4) is 55.9 Å². The fourth-order valence-corrected chi connectivity index (χ4v) is 6.73. The first kappa shape index (κ1) is 28.7. The van der Waals surface area contributed by atoms with Gasteiger partial charge in [-0.1, -0.05) is 169 Å². The molecule has 0 aliphatic heterocycles. The fraction of sp³-hybridized carbons (Fsp3) is 0.0652. The zero-order valence-electron chi connectivity index (χ0n) is 26.3. The monoisotopic (exact) mass is 601 g/mol. The van der Waals surface area contributed by atoms with Gasteiger partial charge in [-0.3, -0.25) is 0 Å². The number of hydrogen-bond acceptors (Lipinski definition) is 1. The lowest BCUT2D eigenvalue weighted by Crippen LogP contribution is -1.94. The van der Waals surface area contributed by atoms with Crippen LogP contribution in [0.25, 0.3) is 66.7 Å². The van der Waals surface area contributed by atoms with Crippen LogP contribution in [0.5, 0.6) is 0 Å². The van der Waals surface area contributed by atoms with Crippen molar-refractivity contribution in [2.45, 2.75) is 19.3 Å². The van der Waals surface area contributed by atoms with E-state index in [4.69, 9.17) is 4.98 Å². The second-order valence-corrected chi connectivity index (χ2v) is 12.3.